The molecule has 148 valence electrons. The molecular formula is C22H18ClN7. The molecule has 0 aliphatic heterocycles. The number of nitrogens with one attached hydrogen (secondary N) is 3. The van der Waals surface area contributed by atoms with E-state index in [1.165, 1.54) is 0 Å². The van der Waals surface area contributed by atoms with Gasteiger partial charge in [-0.15, -0.1) is 0 Å². The van der Waals surface area contributed by atoms with Crippen molar-refractivity contribution in [3.05, 3.63) is 95.5 Å². The fraction of sp³-hybridized carbons (Fsp3) is 0. The number of hydrogen-bond donors (Lipinski definition) is 3. The first-order valence-corrected chi connectivity index (χ1v) is 9.58. The van der Waals surface area contributed by atoms with Gasteiger partial charge in [-0.2, -0.15) is 20.1 Å². The number of rotatable bonds is 7. The van der Waals surface area contributed by atoms with Crippen LogP contribution < -0.4 is 16.1 Å². The Labute approximate surface area is 178 Å². The van der Waals surface area contributed by atoms with Gasteiger partial charge < -0.3 is 10.6 Å². The van der Waals surface area contributed by atoms with Gasteiger partial charge >= 0.3 is 0 Å². The van der Waals surface area contributed by atoms with Gasteiger partial charge in [0.05, 0.1) is 6.21 Å². The zero-order valence-corrected chi connectivity index (χ0v) is 16.6. The van der Waals surface area contributed by atoms with Gasteiger partial charge in [-0.05, 0) is 30.3 Å². The molecule has 8 heteroatoms. The van der Waals surface area contributed by atoms with Crippen LogP contribution in [-0.4, -0.2) is 21.2 Å². The second-order valence-electron chi connectivity index (χ2n) is 6.18. The number of benzene rings is 3. The minimum absolute atomic E-state index is 0.283. The van der Waals surface area contributed by atoms with Crippen LogP contribution in [0.4, 0.5) is 29.2 Å². The van der Waals surface area contributed by atoms with Crippen molar-refractivity contribution in [1.82, 2.24) is 15.0 Å². The molecule has 4 rings (SSSR count). The molecule has 0 fully saturated rings. The van der Waals surface area contributed by atoms with Gasteiger partial charge in [-0.3, -0.25) is 0 Å². The molecule has 30 heavy (non-hydrogen) atoms. The Kier molecular flexibility index (Phi) is 6.12. The quantitative estimate of drug-likeness (QED) is 0.274. The van der Waals surface area contributed by atoms with Crippen LogP contribution in [0.1, 0.15) is 5.56 Å². The Hall–Kier alpha value is -3.97. The van der Waals surface area contributed by atoms with Crippen LogP contribution >= 0.6 is 11.6 Å². The maximum atomic E-state index is 6.16. The Morgan fingerprint density at radius 1 is 0.633 bits per heavy atom. The van der Waals surface area contributed by atoms with Crippen LogP contribution in [0, 0.1) is 0 Å². The summed E-state index contributed by atoms with van der Waals surface area (Å²) in [5, 5.41) is 11.2. The molecule has 1 heterocycles. The van der Waals surface area contributed by atoms with Crippen LogP contribution in [0.25, 0.3) is 0 Å². The zero-order chi connectivity index (χ0) is 20.6. The standard InChI is InChI=1S/C22H18ClN7/c23-19-14-8-7-9-16(19)15-24-30-22-28-20(25-17-10-3-1-4-11-17)27-21(29-22)26-18-12-5-2-6-13-18/h1-15H,(H3,25,26,27,28,29,30)/b24-15+. The highest BCUT2D eigenvalue weighted by molar-refractivity contribution is 6.33. The molecule has 0 aliphatic carbocycles. The zero-order valence-electron chi connectivity index (χ0n) is 15.8. The third kappa shape index (κ3) is 5.30. The summed E-state index contributed by atoms with van der Waals surface area (Å²) < 4.78 is 0. The Balaban J connectivity index is 1.58. The minimum atomic E-state index is 0.283. The lowest BCUT2D eigenvalue weighted by atomic mass is 10.2. The highest BCUT2D eigenvalue weighted by Crippen LogP contribution is 2.18. The highest BCUT2D eigenvalue weighted by atomic mass is 35.5. The van der Waals surface area contributed by atoms with Crippen LogP contribution in [0.3, 0.4) is 0 Å². The summed E-state index contributed by atoms with van der Waals surface area (Å²) >= 11 is 6.16. The predicted octanol–water partition coefficient (Wildman–Crippen LogP) is 5.46. The lowest BCUT2D eigenvalue weighted by molar-refractivity contribution is 1.04. The van der Waals surface area contributed by atoms with Crippen molar-refractivity contribution >= 4 is 47.0 Å². The van der Waals surface area contributed by atoms with Crippen molar-refractivity contribution in [2.75, 3.05) is 16.1 Å². The fourth-order valence-corrected chi connectivity index (χ4v) is 2.76. The molecule has 0 radical (unpaired) electrons. The third-order valence-electron chi connectivity index (χ3n) is 3.97. The third-order valence-corrected chi connectivity index (χ3v) is 4.31. The summed E-state index contributed by atoms with van der Waals surface area (Å²) in [6.07, 6.45) is 1.61. The van der Waals surface area contributed by atoms with Crippen LogP contribution in [-0.2, 0) is 0 Å². The maximum Gasteiger partial charge on any atom is 0.250 e. The van der Waals surface area contributed by atoms with Crippen LogP contribution in [0.2, 0.25) is 5.02 Å². The molecule has 0 saturated heterocycles. The topological polar surface area (TPSA) is 87.1 Å². The normalized spacial score (nSPS) is 10.7. The van der Waals surface area contributed by atoms with Crippen LogP contribution in [0.15, 0.2) is 90.0 Å². The van der Waals surface area contributed by atoms with E-state index in [2.05, 4.69) is 36.1 Å². The summed E-state index contributed by atoms with van der Waals surface area (Å²) in [6.45, 7) is 0. The van der Waals surface area contributed by atoms with Gasteiger partial charge in [-0.1, -0.05) is 66.2 Å². The average molecular weight is 416 g/mol. The van der Waals surface area contributed by atoms with Gasteiger partial charge in [0.2, 0.25) is 17.8 Å². The highest BCUT2D eigenvalue weighted by Gasteiger charge is 2.07. The van der Waals surface area contributed by atoms with E-state index in [1.807, 2.05) is 78.9 Å². The van der Waals surface area contributed by atoms with E-state index in [0.29, 0.717) is 16.9 Å². The van der Waals surface area contributed by atoms with Crippen molar-refractivity contribution in [2.45, 2.75) is 0 Å². The number of halogens is 1. The first kappa shape index (κ1) is 19.4. The second-order valence-corrected chi connectivity index (χ2v) is 6.59. The number of para-hydroxylation sites is 2. The van der Waals surface area contributed by atoms with Crippen molar-refractivity contribution < 1.29 is 0 Å². The number of anilines is 5. The fourth-order valence-electron chi connectivity index (χ4n) is 2.58. The summed E-state index contributed by atoms with van der Waals surface area (Å²) in [5.74, 6) is 1.04. The van der Waals surface area contributed by atoms with Crippen molar-refractivity contribution in [3.8, 4) is 0 Å². The number of hydrazone groups is 1. The summed E-state index contributed by atoms with van der Waals surface area (Å²) in [4.78, 5) is 13.2. The van der Waals surface area contributed by atoms with E-state index in [1.54, 1.807) is 12.3 Å². The molecule has 3 aromatic carbocycles. The number of hydrogen-bond acceptors (Lipinski definition) is 7. The molecule has 1 aromatic heterocycles. The lowest BCUT2D eigenvalue weighted by Crippen LogP contribution is -2.07. The average Bonchev–Trinajstić information content (AvgIpc) is 2.76. The van der Waals surface area contributed by atoms with E-state index in [9.17, 15) is 0 Å². The molecule has 0 saturated carbocycles. The monoisotopic (exact) mass is 415 g/mol. The first-order valence-electron chi connectivity index (χ1n) is 9.20. The number of nitrogens with zero attached hydrogens (tertiary/aromatic N) is 4. The van der Waals surface area contributed by atoms with Gasteiger partial charge in [-0.25, -0.2) is 5.43 Å². The summed E-state index contributed by atoms with van der Waals surface area (Å²) in [7, 11) is 0. The van der Waals surface area contributed by atoms with E-state index in [0.717, 1.165) is 16.9 Å². The molecule has 3 N–H and O–H groups in total. The van der Waals surface area contributed by atoms with Gasteiger partial charge in [0.1, 0.15) is 0 Å². The van der Waals surface area contributed by atoms with E-state index < -0.39 is 0 Å². The lowest BCUT2D eigenvalue weighted by Gasteiger charge is -2.10. The largest absolute Gasteiger partial charge is 0.324 e. The SMILES string of the molecule is Clc1ccccc1/C=N/Nc1nc(Nc2ccccc2)nc(Nc2ccccc2)n1. The van der Waals surface area contributed by atoms with Crippen molar-refractivity contribution in [2.24, 2.45) is 5.10 Å². The smallest absolute Gasteiger partial charge is 0.250 e. The van der Waals surface area contributed by atoms with Gasteiger partial charge in [0.15, 0.2) is 0 Å². The summed E-state index contributed by atoms with van der Waals surface area (Å²) in [6, 6.07) is 26.7. The molecule has 0 aliphatic rings. The second kappa shape index (κ2) is 9.49. The molecule has 4 aromatic rings. The van der Waals surface area contributed by atoms with Crippen molar-refractivity contribution in [3.63, 3.8) is 0 Å². The van der Waals surface area contributed by atoms with Crippen LogP contribution in [0.5, 0.6) is 0 Å². The maximum absolute atomic E-state index is 6.16. The van der Waals surface area contributed by atoms with Gasteiger partial charge in [0, 0.05) is 22.0 Å². The molecule has 0 unspecified atom stereocenters. The molecule has 0 bridgehead atoms. The molecule has 7 nitrogen and oxygen atoms in total. The Bertz CT molecular complexity index is 1070. The van der Waals surface area contributed by atoms with E-state index >= 15 is 0 Å². The van der Waals surface area contributed by atoms with Gasteiger partial charge in [0.25, 0.3) is 0 Å². The predicted molar refractivity (Wildman–Crippen MR) is 122 cm³/mol. The molecule has 0 spiro atoms. The minimum Gasteiger partial charge on any atom is -0.324 e. The number of aromatic nitrogens is 3. The molecule has 0 amide bonds. The van der Waals surface area contributed by atoms with E-state index in [4.69, 9.17) is 11.6 Å². The van der Waals surface area contributed by atoms with Crippen molar-refractivity contribution in [1.29, 1.82) is 0 Å². The first-order chi connectivity index (χ1) is 14.8. The molecular weight excluding hydrogens is 398 g/mol. The Morgan fingerprint density at radius 2 is 1.13 bits per heavy atom. The Morgan fingerprint density at radius 3 is 1.70 bits per heavy atom. The summed E-state index contributed by atoms with van der Waals surface area (Å²) in [5.41, 5.74) is 5.35. The van der Waals surface area contributed by atoms with E-state index in [-0.39, 0.29) is 5.95 Å². The molecule has 0 atom stereocenters.